The second-order valence-corrected chi connectivity index (χ2v) is 7.64. The van der Waals surface area contributed by atoms with Crippen molar-refractivity contribution < 1.29 is 37.1 Å². The molecule has 3 amide bonds. The predicted octanol–water partition coefficient (Wildman–Crippen LogP) is 1.63. The lowest BCUT2D eigenvalue weighted by Crippen LogP contribution is -2.58. The maximum atomic E-state index is 12.9. The van der Waals surface area contributed by atoms with Gasteiger partial charge in [0.1, 0.15) is 12.1 Å². The highest BCUT2D eigenvalue weighted by Crippen LogP contribution is 2.24. The first-order valence-electron chi connectivity index (χ1n) is 9.37. The van der Waals surface area contributed by atoms with Gasteiger partial charge in [0.2, 0.25) is 11.8 Å². The average Bonchev–Trinajstić information content (AvgIpc) is 3.11. The minimum absolute atomic E-state index is 0.211. The molecule has 0 bridgehead atoms. The summed E-state index contributed by atoms with van der Waals surface area (Å²) >= 11 is 0. The zero-order valence-corrected chi connectivity index (χ0v) is 17.1. The number of alkyl halides is 3. The first-order valence-corrected chi connectivity index (χ1v) is 9.37. The molecule has 8 nitrogen and oxygen atoms in total. The Morgan fingerprint density at radius 3 is 2.00 bits per heavy atom. The second-order valence-electron chi connectivity index (χ2n) is 7.64. The van der Waals surface area contributed by atoms with Crippen molar-refractivity contribution >= 4 is 23.7 Å². The SMILES string of the molecule is COC(=O)N[C@H](C(=O)N1CCCC1C(=O)N[C@H](C(=O)C(F)(F)F)C(C)C)C(C)C. The molecule has 0 aliphatic carbocycles. The minimum Gasteiger partial charge on any atom is -0.453 e. The van der Waals surface area contributed by atoms with Gasteiger partial charge in [0, 0.05) is 6.54 Å². The van der Waals surface area contributed by atoms with Crippen molar-refractivity contribution in [3.63, 3.8) is 0 Å². The van der Waals surface area contributed by atoms with Crippen molar-refractivity contribution in [3.05, 3.63) is 0 Å². The molecular weight excluding hydrogens is 395 g/mol. The van der Waals surface area contributed by atoms with E-state index in [2.05, 4.69) is 15.4 Å². The molecule has 1 saturated heterocycles. The number of carbonyl (C=O) groups excluding carboxylic acids is 4. The Morgan fingerprint density at radius 2 is 1.55 bits per heavy atom. The van der Waals surface area contributed by atoms with Gasteiger partial charge >= 0.3 is 12.3 Å². The number of methoxy groups -OCH3 is 1. The number of carbonyl (C=O) groups is 4. The Bertz CT molecular complexity index is 637. The van der Waals surface area contributed by atoms with E-state index in [9.17, 15) is 32.3 Å². The number of hydrogen-bond acceptors (Lipinski definition) is 5. The third-order valence-electron chi connectivity index (χ3n) is 4.76. The quantitative estimate of drug-likeness (QED) is 0.648. The number of rotatable bonds is 7. The number of ketones is 1. The fraction of sp³-hybridized carbons (Fsp3) is 0.778. The van der Waals surface area contributed by atoms with E-state index < -0.39 is 53.9 Å². The maximum absolute atomic E-state index is 12.9. The number of nitrogens with one attached hydrogen (secondary N) is 2. The zero-order valence-electron chi connectivity index (χ0n) is 17.1. The summed E-state index contributed by atoms with van der Waals surface area (Å²) < 4.78 is 43.0. The fourth-order valence-corrected chi connectivity index (χ4v) is 3.14. The highest BCUT2D eigenvalue weighted by atomic mass is 19.4. The van der Waals surface area contributed by atoms with Crippen LogP contribution in [0.15, 0.2) is 0 Å². The zero-order chi connectivity index (χ0) is 22.5. The molecule has 1 aliphatic rings. The largest absolute Gasteiger partial charge is 0.453 e. The van der Waals surface area contributed by atoms with Crippen LogP contribution in [0, 0.1) is 11.8 Å². The summed E-state index contributed by atoms with van der Waals surface area (Å²) in [5.74, 6) is -4.51. The molecule has 0 radical (unpaired) electrons. The normalized spacial score (nSPS) is 19.1. The van der Waals surface area contributed by atoms with Crippen LogP contribution < -0.4 is 10.6 Å². The molecule has 0 aromatic rings. The summed E-state index contributed by atoms with van der Waals surface area (Å²) in [7, 11) is 1.15. The molecule has 0 aromatic carbocycles. The molecule has 3 atom stereocenters. The molecule has 0 spiro atoms. The lowest BCUT2D eigenvalue weighted by atomic mass is 9.98. The standard InChI is InChI=1S/C18H28F3N3O5/c1-9(2)12(14(25)18(19,20)21)22-15(26)11-7-6-8-24(11)16(27)13(10(3)4)23-17(28)29-5/h9-13H,6-8H2,1-5H3,(H,22,26)(H,23,28)/t11?,12-,13-/m0/s1. The molecule has 1 rings (SSSR count). The van der Waals surface area contributed by atoms with Gasteiger partial charge in [-0.2, -0.15) is 13.2 Å². The number of Topliss-reactive ketones (excluding diaryl/α,β-unsaturated/α-hetero) is 1. The van der Waals surface area contributed by atoms with Crippen molar-refractivity contribution in [2.24, 2.45) is 11.8 Å². The summed E-state index contributed by atoms with van der Waals surface area (Å²) in [4.78, 5) is 49.9. The van der Waals surface area contributed by atoms with Gasteiger partial charge in [0.15, 0.2) is 0 Å². The Balaban J connectivity index is 2.99. The van der Waals surface area contributed by atoms with Crippen LogP contribution in [0.2, 0.25) is 0 Å². The summed E-state index contributed by atoms with van der Waals surface area (Å²) in [6.45, 7) is 6.38. The number of alkyl carbamates (subject to hydrolysis) is 1. The maximum Gasteiger partial charge on any atom is 0.452 e. The Morgan fingerprint density at radius 1 is 1.00 bits per heavy atom. The van der Waals surface area contributed by atoms with Crippen LogP contribution in [0.1, 0.15) is 40.5 Å². The first kappa shape index (κ1) is 24.7. The van der Waals surface area contributed by atoms with E-state index in [0.717, 1.165) is 7.11 Å². The molecule has 11 heteroatoms. The molecule has 1 heterocycles. The van der Waals surface area contributed by atoms with Crippen LogP contribution >= 0.6 is 0 Å². The Hall–Kier alpha value is -2.33. The molecular formula is C18H28F3N3O5. The van der Waals surface area contributed by atoms with E-state index in [4.69, 9.17) is 0 Å². The van der Waals surface area contributed by atoms with Gasteiger partial charge in [-0.05, 0) is 24.7 Å². The third-order valence-corrected chi connectivity index (χ3v) is 4.76. The lowest BCUT2D eigenvalue weighted by Gasteiger charge is -2.31. The predicted molar refractivity (Wildman–Crippen MR) is 96.7 cm³/mol. The van der Waals surface area contributed by atoms with E-state index in [1.165, 1.54) is 18.7 Å². The van der Waals surface area contributed by atoms with E-state index in [-0.39, 0.29) is 18.9 Å². The smallest absolute Gasteiger partial charge is 0.452 e. The number of amides is 3. The van der Waals surface area contributed by atoms with E-state index in [0.29, 0.717) is 6.42 Å². The van der Waals surface area contributed by atoms with Gasteiger partial charge < -0.3 is 20.3 Å². The number of ether oxygens (including phenoxy) is 1. The van der Waals surface area contributed by atoms with Gasteiger partial charge in [-0.15, -0.1) is 0 Å². The highest BCUT2D eigenvalue weighted by molar-refractivity contribution is 5.96. The molecule has 0 saturated carbocycles. The molecule has 29 heavy (non-hydrogen) atoms. The first-order chi connectivity index (χ1) is 13.3. The summed E-state index contributed by atoms with van der Waals surface area (Å²) in [5.41, 5.74) is 0. The van der Waals surface area contributed by atoms with Crippen LogP contribution in [-0.4, -0.2) is 66.5 Å². The van der Waals surface area contributed by atoms with Crippen molar-refractivity contribution in [1.29, 1.82) is 0 Å². The molecule has 2 N–H and O–H groups in total. The van der Waals surface area contributed by atoms with Gasteiger partial charge in [-0.25, -0.2) is 4.79 Å². The number of likely N-dealkylation sites (tertiary alicyclic amines) is 1. The van der Waals surface area contributed by atoms with Gasteiger partial charge in [0.25, 0.3) is 5.78 Å². The summed E-state index contributed by atoms with van der Waals surface area (Å²) in [6.07, 6.45) is -5.19. The summed E-state index contributed by atoms with van der Waals surface area (Å²) in [6, 6.07) is -3.73. The Kier molecular flexibility index (Phi) is 8.46. The topological polar surface area (TPSA) is 105 Å². The van der Waals surface area contributed by atoms with E-state index in [1.54, 1.807) is 13.8 Å². The third kappa shape index (κ3) is 6.33. The van der Waals surface area contributed by atoms with Gasteiger partial charge in [0.05, 0.1) is 13.2 Å². The van der Waals surface area contributed by atoms with E-state index >= 15 is 0 Å². The molecule has 1 unspecified atom stereocenters. The molecule has 1 aliphatic heterocycles. The van der Waals surface area contributed by atoms with Crippen LogP contribution in [0.3, 0.4) is 0 Å². The molecule has 1 fully saturated rings. The van der Waals surface area contributed by atoms with Gasteiger partial charge in [-0.3, -0.25) is 14.4 Å². The van der Waals surface area contributed by atoms with Crippen LogP contribution in [0.5, 0.6) is 0 Å². The van der Waals surface area contributed by atoms with E-state index in [1.807, 2.05) is 0 Å². The monoisotopic (exact) mass is 423 g/mol. The number of hydrogen-bond donors (Lipinski definition) is 2. The number of nitrogens with zero attached hydrogens (tertiary/aromatic N) is 1. The van der Waals surface area contributed by atoms with Crippen molar-refractivity contribution in [3.8, 4) is 0 Å². The van der Waals surface area contributed by atoms with Crippen molar-refractivity contribution in [1.82, 2.24) is 15.5 Å². The molecule has 166 valence electrons. The second kappa shape index (κ2) is 9.93. The van der Waals surface area contributed by atoms with Crippen LogP contribution in [-0.2, 0) is 19.1 Å². The highest BCUT2D eigenvalue weighted by Gasteiger charge is 2.46. The molecule has 0 aromatic heterocycles. The average molecular weight is 423 g/mol. The van der Waals surface area contributed by atoms with Gasteiger partial charge in [-0.1, -0.05) is 27.7 Å². The van der Waals surface area contributed by atoms with Crippen LogP contribution in [0.4, 0.5) is 18.0 Å². The Labute approximate surface area is 167 Å². The van der Waals surface area contributed by atoms with Crippen molar-refractivity contribution in [2.75, 3.05) is 13.7 Å². The van der Waals surface area contributed by atoms with Crippen molar-refractivity contribution in [2.45, 2.75) is 64.8 Å². The minimum atomic E-state index is -5.08. The number of halogens is 3. The summed E-state index contributed by atoms with van der Waals surface area (Å²) in [5, 5.41) is 4.57. The van der Waals surface area contributed by atoms with Crippen LogP contribution in [0.25, 0.3) is 0 Å². The lowest BCUT2D eigenvalue weighted by molar-refractivity contribution is -0.175. The fourth-order valence-electron chi connectivity index (χ4n) is 3.14.